The number of carbonyl (C=O) groups is 2. The van der Waals surface area contributed by atoms with E-state index in [1.807, 2.05) is 36.4 Å². The first-order valence-corrected chi connectivity index (χ1v) is 9.25. The first-order chi connectivity index (χ1) is 13.1. The molecule has 0 unspecified atom stereocenters. The topological polar surface area (TPSA) is 82.0 Å². The Kier molecular flexibility index (Phi) is 5.87. The Labute approximate surface area is 159 Å². The van der Waals surface area contributed by atoms with Crippen molar-refractivity contribution >= 4 is 11.8 Å². The average molecular weight is 361 g/mol. The molecule has 2 aromatic carbocycles. The molecule has 27 heavy (non-hydrogen) atoms. The maximum Gasteiger partial charge on any atom is 0.252 e. The second kappa shape index (κ2) is 8.50. The number of amides is 2. The molecule has 0 saturated heterocycles. The molecule has 2 N–H and O–H groups in total. The van der Waals surface area contributed by atoms with Crippen molar-refractivity contribution < 1.29 is 9.59 Å². The minimum atomic E-state index is -0.137. The van der Waals surface area contributed by atoms with Crippen LogP contribution in [0.1, 0.15) is 41.6 Å². The molecule has 0 aliphatic heterocycles. The fourth-order valence-electron chi connectivity index (χ4n) is 3.70. The zero-order valence-electron chi connectivity index (χ0n) is 15.4. The van der Waals surface area contributed by atoms with Gasteiger partial charge in [0, 0.05) is 30.1 Å². The van der Waals surface area contributed by atoms with E-state index in [1.165, 1.54) is 0 Å². The van der Waals surface area contributed by atoms with Crippen LogP contribution in [0.2, 0.25) is 0 Å². The van der Waals surface area contributed by atoms with Gasteiger partial charge in [-0.15, -0.1) is 0 Å². The van der Waals surface area contributed by atoms with Crippen LogP contribution in [0.3, 0.4) is 0 Å². The Balaban J connectivity index is 1.75. The maximum atomic E-state index is 12.9. The van der Waals surface area contributed by atoms with Gasteiger partial charge in [-0.05, 0) is 43.4 Å². The van der Waals surface area contributed by atoms with E-state index in [0.717, 1.165) is 36.8 Å². The van der Waals surface area contributed by atoms with Crippen molar-refractivity contribution in [3.8, 4) is 17.2 Å². The van der Waals surface area contributed by atoms with Gasteiger partial charge in [0.05, 0.1) is 11.6 Å². The summed E-state index contributed by atoms with van der Waals surface area (Å²) < 4.78 is 0. The Morgan fingerprint density at radius 1 is 0.963 bits per heavy atom. The minimum absolute atomic E-state index is 0.0398. The van der Waals surface area contributed by atoms with Crippen LogP contribution in [0, 0.1) is 17.2 Å². The van der Waals surface area contributed by atoms with Crippen LogP contribution < -0.4 is 10.6 Å². The van der Waals surface area contributed by atoms with Crippen molar-refractivity contribution in [1.82, 2.24) is 10.6 Å². The van der Waals surface area contributed by atoms with E-state index in [0.29, 0.717) is 11.1 Å². The quantitative estimate of drug-likeness (QED) is 0.877. The summed E-state index contributed by atoms with van der Waals surface area (Å²) in [4.78, 5) is 24.7. The van der Waals surface area contributed by atoms with Gasteiger partial charge in [0.15, 0.2) is 0 Å². The zero-order chi connectivity index (χ0) is 19.2. The number of benzene rings is 2. The lowest BCUT2D eigenvalue weighted by Crippen LogP contribution is -2.40. The third kappa shape index (κ3) is 4.17. The summed E-state index contributed by atoms with van der Waals surface area (Å²) in [7, 11) is 1.66. The number of nitrogens with zero attached hydrogens (tertiary/aromatic N) is 1. The molecule has 0 aromatic heterocycles. The summed E-state index contributed by atoms with van der Waals surface area (Å²) in [5.74, 6) is -0.0158. The molecule has 5 nitrogen and oxygen atoms in total. The van der Waals surface area contributed by atoms with E-state index < -0.39 is 0 Å². The van der Waals surface area contributed by atoms with Gasteiger partial charge in [-0.2, -0.15) is 5.26 Å². The van der Waals surface area contributed by atoms with Gasteiger partial charge in [-0.1, -0.05) is 36.4 Å². The van der Waals surface area contributed by atoms with E-state index in [1.54, 1.807) is 19.2 Å². The Morgan fingerprint density at radius 2 is 1.59 bits per heavy atom. The van der Waals surface area contributed by atoms with Gasteiger partial charge in [-0.25, -0.2) is 0 Å². The van der Waals surface area contributed by atoms with Gasteiger partial charge in [0.25, 0.3) is 5.91 Å². The van der Waals surface area contributed by atoms with Crippen molar-refractivity contribution in [2.24, 2.45) is 5.92 Å². The molecule has 2 amide bonds. The summed E-state index contributed by atoms with van der Waals surface area (Å²) in [5, 5.41) is 15.2. The lowest BCUT2D eigenvalue weighted by atomic mass is 9.85. The second-order valence-electron chi connectivity index (χ2n) is 6.84. The van der Waals surface area contributed by atoms with Crippen LogP contribution in [0.5, 0.6) is 0 Å². The van der Waals surface area contributed by atoms with Gasteiger partial charge >= 0.3 is 0 Å². The van der Waals surface area contributed by atoms with Gasteiger partial charge in [-0.3, -0.25) is 9.59 Å². The monoisotopic (exact) mass is 361 g/mol. The van der Waals surface area contributed by atoms with Gasteiger partial charge in [0.2, 0.25) is 5.91 Å². The van der Waals surface area contributed by atoms with E-state index in [4.69, 9.17) is 0 Å². The molecule has 1 saturated carbocycles. The highest BCUT2D eigenvalue weighted by Gasteiger charge is 2.27. The molecule has 1 fully saturated rings. The standard InChI is InChI=1S/C22H23N3O2/c1-24-21(26)15-10-12-17(13-11-15)25-22(27)20-9-5-4-8-19(20)18-7-3-2-6-16(18)14-23/h2-9,15,17H,10-13H2,1H3,(H,24,26)(H,25,27). The second-order valence-corrected chi connectivity index (χ2v) is 6.84. The third-order valence-corrected chi connectivity index (χ3v) is 5.19. The first-order valence-electron chi connectivity index (χ1n) is 9.25. The van der Waals surface area contributed by atoms with Gasteiger partial charge < -0.3 is 10.6 Å². The Hall–Kier alpha value is -3.13. The summed E-state index contributed by atoms with van der Waals surface area (Å²) in [6.45, 7) is 0. The number of nitriles is 1. The van der Waals surface area contributed by atoms with Crippen molar-refractivity contribution in [3.05, 3.63) is 59.7 Å². The molecule has 0 spiro atoms. The SMILES string of the molecule is CNC(=O)C1CCC(NC(=O)c2ccccc2-c2ccccc2C#N)CC1. The highest BCUT2D eigenvalue weighted by molar-refractivity contribution is 6.01. The third-order valence-electron chi connectivity index (χ3n) is 5.19. The lowest BCUT2D eigenvalue weighted by molar-refractivity contribution is -0.125. The zero-order valence-corrected chi connectivity index (χ0v) is 15.4. The molecule has 5 heteroatoms. The Bertz CT molecular complexity index is 877. The van der Waals surface area contributed by atoms with Crippen molar-refractivity contribution in [2.75, 3.05) is 7.05 Å². The van der Waals surface area contributed by atoms with Crippen molar-refractivity contribution in [3.63, 3.8) is 0 Å². The number of nitrogens with one attached hydrogen (secondary N) is 2. The summed E-state index contributed by atoms with van der Waals surface area (Å²) in [6.07, 6.45) is 3.15. The molecule has 0 radical (unpaired) electrons. The van der Waals surface area contributed by atoms with E-state index in [9.17, 15) is 14.9 Å². The lowest BCUT2D eigenvalue weighted by Gasteiger charge is -2.28. The number of rotatable bonds is 4. The van der Waals surface area contributed by atoms with E-state index >= 15 is 0 Å². The van der Waals surface area contributed by atoms with Crippen molar-refractivity contribution in [1.29, 1.82) is 5.26 Å². The maximum absolute atomic E-state index is 12.9. The predicted molar refractivity (Wildman–Crippen MR) is 104 cm³/mol. The highest BCUT2D eigenvalue weighted by Crippen LogP contribution is 2.28. The summed E-state index contributed by atoms with van der Waals surface area (Å²) in [6, 6.07) is 16.9. The molecule has 1 aliphatic rings. The Morgan fingerprint density at radius 3 is 2.26 bits per heavy atom. The fourth-order valence-corrected chi connectivity index (χ4v) is 3.70. The molecular weight excluding hydrogens is 338 g/mol. The van der Waals surface area contributed by atoms with Crippen LogP contribution in [0.4, 0.5) is 0 Å². The molecule has 138 valence electrons. The van der Waals surface area contributed by atoms with Crippen molar-refractivity contribution in [2.45, 2.75) is 31.7 Å². The molecule has 0 bridgehead atoms. The van der Waals surface area contributed by atoms with Crippen LogP contribution in [-0.4, -0.2) is 24.9 Å². The highest BCUT2D eigenvalue weighted by atomic mass is 16.2. The molecular formula is C22H23N3O2. The van der Waals surface area contributed by atoms with Crippen LogP contribution >= 0.6 is 0 Å². The molecule has 0 heterocycles. The normalized spacial score (nSPS) is 19.0. The molecule has 2 aromatic rings. The molecule has 3 rings (SSSR count). The average Bonchev–Trinajstić information content (AvgIpc) is 2.73. The number of carbonyl (C=O) groups excluding carboxylic acids is 2. The van der Waals surface area contributed by atoms with Crippen LogP contribution in [-0.2, 0) is 4.79 Å². The molecule has 0 atom stereocenters. The minimum Gasteiger partial charge on any atom is -0.359 e. The van der Waals surface area contributed by atoms with E-state index in [2.05, 4.69) is 16.7 Å². The fraction of sp³-hybridized carbons (Fsp3) is 0.318. The summed E-state index contributed by atoms with van der Waals surface area (Å²) in [5.41, 5.74) is 2.62. The van der Waals surface area contributed by atoms with Crippen LogP contribution in [0.15, 0.2) is 48.5 Å². The van der Waals surface area contributed by atoms with Gasteiger partial charge in [0.1, 0.15) is 0 Å². The first kappa shape index (κ1) is 18.7. The predicted octanol–water partition coefficient (Wildman–Crippen LogP) is 3.26. The van der Waals surface area contributed by atoms with Crippen LogP contribution in [0.25, 0.3) is 11.1 Å². The number of hydrogen-bond acceptors (Lipinski definition) is 3. The van der Waals surface area contributed by atoms with E-state index in [-0.39, 0.29) is 23.8 Å². The summed E-state index contributed by atoms with van der Waals surface area (Å²) >= 11 is 0. The molecule has 1 aliphatic carbocycles. The number of hydrogen-bond donors (Lipinski definition) is 2. The largest absolute Gasteiger partial charge is 0.359 e. The smallest absolute Gasteiger partial charge is 0.252 e.